The fourth-order valence-corrected chi connectivity index (χ4v) is 5.01. The van der Waals surface area contributed by atoms with Crippen LogP contribution in [0, 0.1) is 11.3 Å². The van der Waals surface area contributed by atoms with Gasteiger partial charge in [0.2, 0.25) is 0 Å². The molecule has 29 heavy (non-hydrogen) atoms. The third-order valence-electron chi connectivity index (χ3n) is 5.07. The van der Waals surface area contributed by atoms with Gasteiger partial charge in [0.05, 0.1) is 29.6 Å². The van der Waals surface area contributed by atoms with Crippen LogP contribution in [0.15, 0.2) is 67.0 Å². The van der Waals surface area contributed by atoms with Crippen molar-refractivity contribution in [2.75, 3.05) is 4.90 Å². The fourth-order valence-electron chi connectivity index (χ4n) is 3.71. The molecule has 3 heterocycles. The molecule has 0 radical (unpaired) electrons. The van der Waals surface area contributed by atoms with Gasteiger partial charge in [-0.05, 0) is 12.1 Å². The minimum atomic E-state index is -0.492. The molecular formula is C22H14N4O2S. The summed E-state index contributed by atoms with van der Waals surface area (Å²) in [5.74, 6) is -0.289. The zero-order valence-electron chi connectivity index (χ0n) is 15.1. The minimum absolute atomic E-state index is 0.289. The van der Waals surface area contributed by atoms with Gasteiger partial charge in [0.25, 0.3) is 5.91 Å². The Kier molecular flexibility index (Phi) is 4.07. The van der Waals surface area contributed by atoms with E-state index in [1.54, 1.807) is 24.5 Å². The number of fused-ring (bicyclic) bond motifs is 2. The lowest BCUT2D eigenvalue weighted by Gasteiger charge is -2.33. The number of rotatable bonds is 2. The average molecular weight is 398 g/mol. The van der Waals surface area contributed by atoms with Crippen molar-refractivity contribution >= 4 is 45.1 Å². The second kappa shape index (κ2) is 6.76. The number of amides is 3. The largest absolute Gasteiger partial charge is 0.329 e. The number of benzene rings is 2. The van der Waals surface area contributed by atoms with Gasteiger partial charge < -0.3 is 5.32 Å². The van der Waals surface area contributed by atoms with E-state index in [-0.39, 0.29) is 5.91 Å². The van der Waals surface area contributed by atoms with Crippen LogP contribution in [0.25, 0.3) is 15.7 Å². The summed E-state index contributed by atoms with van der Waals surface area (Å²) in [4.78, 5) is 32.3. The van der Waals surface area contributed by atoms with E-state index in [0.29, 0.717) is 11.3 Å². The maximum Gasteiger partial charge on any atom is 0.329 e. The predicted octanol–water partition coefficient (Wildman–Crippen LogP) is 3.69. The number of imide groups is 1. The third kappa shape index (κ3) is 2.77. The van der Waals surface area contributed by atoms with Gasteiger partial charge in [0.15, 0.2) is 0 Å². The number of carbonyl (C=O) groups is 2. The number of aromatic nitrogens is 1. The molecule has 0 aliphatic carbocycles. The van der Waals surface area contributed by atoms with Crippen LogP contribution in [-0.2, 0) is 4.79 Å². The molecule has 140 valence electrons. The van der Waals surface area contributed by atoms with Gasteiger partial charge in [-0.1, -0.05) is 42.5 Å². The Morgan fingerprint density at radius 3 is 2.72 bits per heavy atom. The number of hydrogen-bond donors (Lipinski definition) is 1. The molecule has 5 rings (SSSR count). The Hall–Kier alpha value is -3.63. The maximum atomic E-state index is 13.3. The highest BCUT2D eigenvalue weighted by Gasteiger charge is 2.45. The van der Waals surface area contributed by atoms with E-state index >= 15 is 0 Å². The van der Waals surface area contributed by atoms with Gasteiger partial charge in [-0.15, -0.1) is 11.8 Å². The van der Waals surface area contributed by atoms with Gasteiger partial charge in [-0.25, -0.2) is 9.69 Å². The number of nitrogens with zero attached hydrogens (tertiary/aromatic N) is 3. The summed E-state index contributed by atoms with van der Waals surface area (Å²) in [6.45, 7) is 0. The number of thioether (sulfide) groups is 1. The number of hydrogen-bond acceptors (Lipinski definition) is 5. The molecule has 0 saturated carbocycles. The molecule has 6 nitrogen and oxygen atoms in total. The first-order valence-electron chi connectivity index (χ1n) is 9.02. The first-order chi connectivity index (χ1) is 14.2. The number of nitrogens with one attached hydrogen (secondary N) is 1. The molecule has 7 heteroatoms. The summed E-state index contributed by atoms with van der Waals surface area (Å²) in [6, 6.07) is 16.1. The van der Waals surface area contributed by atoms with Crippen molar-refractivity contribution in [3.8, 4) is 6.07 Å². The maximum absolute atomic E-state index is 13.3. The van der Waals surface area contributed by atoms with Crippen LogP contribution in [0.5, 0.6) is 0 Å². The zero-order chi connectivity index (χ0) is 20.0. The van der Waals surface area contributed by atoms with E-state index in [1.807, 2.05) is 42.5 Å². The predicted molar refractivity (Wildman–Crippen MR) is 112 cm³/mol. The number of urea groups is 1. The summed E-state index contributed by atoms with van der Waals surface area (Å²) >= 11 is 1.37. The first kappa shape index (κ1) is 17.5. The quantitative estimate of drug-likeness (QED) is 0.712. The molecular weight excluding hydrogens is 384 g/mol. The van der Waals surface area contributed by atoms with Gasteiger partial charge >= 0.3 is 6.03 Å². The smallest absolute Gasteiger partial charge is 0.329 e. The molecule has 2 aliphatic rings. The summed E-state index contributed by atoms with van der Waals surface area (Å²) < 4.78 is 0. The number of carbonyl (C=O) groups excluding carboxylic acids is 2. The molecule has 1 fully saturated rings. The summed E-state index contributed by atoms with van der Waals surface area (Å²) in [7, 11) is 0. The molecule has 0 bridgehead atoms. The highest BCUT2D eigenvalue weighted by atomic mass is 32.2. The van der Waals surface area contributed by atoms with Crippen molar-refractivity contribution < 1.29 is 9.59 Å². The standard InChI is InChI=1S/C22H14N4O2S/c23-10-13-5-1-4-8-16(13)19-9-17-20(29-19)21(27)26(22(28)25-17)18-12-24-11-14-6-2-3-7-15(14)18/h1-9,11-12,17,20H,(H,25,28). The third-order valence-corrected chi connectivity index (χ3v) is 6.43. The SMILES string of the molecule is N#Cc1ccccc1C1=CC2NC(=O)N(c3cncc4ccccc34)C(=O)C2S1. The van der Waals surface area contributed by atoms with E-state index in [2.05, 4.69) is 16.4 Å². The molecule has 2 aliphatic heterocycles. The number of anilines is 1. The number of pyridine rings is 1. The second-order valence-corrected chi connectivity index (χ2v) is 7.94. The van der Waals surface area contributed by atoms with Crippen molar-refractivity contribution in [3.63, 3.8) is 0 Å². The number of nitriles is 1. The Morgan fingerprint density at radius 2 is 1.86 bits per heavy atom. The van der Waals surface area contributed by atoms with Crippen LogP contribution < -0.4 is 10.2 Å². The van der Waals surface area contributed by atoms with Crippen molar-refractivity contribution in [2.45, 2.75) is 11.3 Å². The van der Waals surface area contributed by atoms with E-state index in [4.69, 9.17) is 0 Å². The molecule has 3 aromatic rings. The van der Waals surface area contributed by atoms with Gasteiger partial charge in [0, 0.05) is 27.4 Å². The van der Waals surface area contributed by atoms with E-state index in [9.17, 15) is 14.9 Å². The Morgan fingerprint density at radius 1 is 1.07 bits per heavy atom. The molecule has 1 saturated heterocycles. The Labute approximate surface area is 170 Å². The lowest BCUT2D eigenvalue weighted by atomic mass is 10.0. The normalized spacial score (nSPS) is 20.8. The summed E-state index contributed by atoms with van der Waals surface area (Å²) in [6.07, 6.45) is 5.11. The van der Waals surface area contributed by atoms with Gasteiger partial charge in [-0.2, -0.15) is 5.26 Å². The van der Waals surface area contributed by atoms with Gasteiger partial charge in [-0.3, -0.25) is 9.78 Å². The fraction of sp³-hybridized carbons (Fsp3) is 0.0909. The van der Waals surface area contributed by atoms with Crippen molar-refractivity contribution in [1.82, 2.24) is 10.3 Å². The lowest BCUT2D eigenvalue weighted by Crippen LogP contribution is -2.60. The lowest BCUT2D eigenvalue weighted by molar-refractivity contribution is -0.118. The van der Waals surface area contributed by atoms with Crippen LogP contribution >= 0.6 is 11.8 Å². The topological polar surface area (TPSA) is 86.1 Å². The molecule has 2 atom stereocenters. The van der Waals surface area contributed by atoms with Crippen LogP contribution in [0.4, 0.5) is 10.5 Å². The molecule has 0 spiro atoms. The zero-order valence-corrected chi connectivity index (χ0v) is 15.9. The van der Waals surface area contributed by atoms with Crippen molar-refractivity contribution in [2.24, 2.45) is 0 Å². The molecule has 1 aromatic heterocycles. The second-order valence-electron chi connectivity index (χ2n) is 6.76. The van der Waals surface area contributed by atoms with E-state index in [1.165, 1.54) is 16.7 Å². The van der Waals surface area contributed by atoms with Crippen LogP contribution in [0.3, 0.4) is 0 Å². The summed E-state index contributed by atoms with van der Waals surface area (Å²) in [5.41, 5.74) is 1.78. The Balaban J connectivity index is 1.52. The highest BCUT2D eigenvalue weighted by Crippen LogP contribution is 2.43. The Bertz CT molecular complexity index is 1240. The van der Waals surface area contributed by atoms with E-state index < -0.39 is 17.3 Å². The monoisotopic (exact) mass is 398 g/mol. The first-order valence-corrected chi connectivity index (χ1v) is 9.90. The van der Waals surface area contributed by atoms with Crippen LogP contribution in [0.2, 0.25) is 0 Å². The van der Waals surface area contributed by atoms with Crippen molar-refractivity contribution in [3.05, 3.63) is 78.1 Å². The van der Waals surface area contributed by atoms with E-state index in [0.717, 1.165) is 21.2 Å². The molecule has 2 aromatic carbocycles. The highest BCUT2D eigenvalue weighted by molar-refractivity contribution is 8.09. The van der Waals surface area contributed by atoms with Crippen LogP contribution in [0.1, 0.15) is 11.1 Å². The van der Waals surface area contributed by atoms with Crippen molar-refractivity contribution in [1.29, 1.82) is 5.26 Å². The molecule has 1 N–H and O–H groups in total. The summed E-state index contributed by atoms with van der Waals surface area (Å²) in [5, 5.41) is 13.5. The molecule has 2 unspecified atom stereocenters. The average Bonchev–Trinajstić information content (AvgIpc) is 3.18. The minimum Gasteiger partial charge on any atom is -0.329 e. The van der Waals surface area contributed by atoms with Crippen LogP contribution in [-0.4, -0.2) is 28.2 Å². The van der Waals surface area contributed by atoms with Gasteiger partial charge in [0.1, 0.15) is 5.25 Å². The molecule has 3 amide bonds.